The fourth-order valence-electron chi connectivity index (χ4n) is 2.27. The lowest BCUT2D eigenvalue weighted by atomic mass is 9.79. The molecule has 0 aliphatic heterocycles. The Hall–Kier alpha value is -0.680. The van der Waals surface area contributed by atoms with Crippen LogP contribution in [0.1, 0.15) is 46.7 Å². The van der Waals surface area contributed by atoms with Gasteiger partial charge in [0.1, 0.15) is 0 Å². The number of halogens is 1. The van der Waals surface area contributed by atoms with Crippen LogP contribution < -0.4 is 0 Å². The van der Waals surface area contributed by atoms with Gasteiger partial charge in [0.05, 0.1) is 2.88 Å². The van der Waals surface area contributed by atoms with Gasteiger partial charge in [-0.25, -0.2) is 0 Å². The smallest absolute Gasteiger partial charge is 0.193 e. The molecule has 1 aliphatic rings. The first-order valence-corrected chi connectivity index (χ1v) is 8.08. The van der Waals surface area contributed by atoms with Gasteiger partial charge in [-0.15, -0.1) is 11.3 Å². The van der Waals surface area contributed by atoms with Crippen LogP contribution in [0.15, 0.2) is 35.7 Å². The Balaban J connectivity index is 1.89. The number of hydrogen-bond donors (Lipinski definition) is 0. The molecule has 0 bridgehead atoms. The van der Waals surface area contributed by atoms with Gasteiger partial charge >= 0.3 is 0 Å². The molecule has 1 aliphatic carbocycles. The number of hydrogen-bond acceptors (Lipinski definition) is 2. The summed E-state index contributed by atoms with van der Waals surface area (Å²) >= 11 is 3.87. The molecule has 0 N–H and O–H groups in total. The van der Waals surface area contributed by atoms with E-state index >= 15 is 0 Å². The Bertz CT molecular complexity index is 584. The molecule has 1 aromatic carbocycles. The van der Waals surface area contributed by atoms with E-state index in [4.69, 9.17) is 0 Å². The highest BCUT2D eigenvalue weighted by Gasteiger charge is 2.20. The van der Waals surface area contributed by atoms with Crippen molar-refractivity contribution in [2.45, 2.75) is 25.2 Å². The summed E-state index contributed by atoms with van der Waals surface area (Å²) in [7, 11) is 0. The predicted molar refractivity (Wildman–Crippen MR) is 83.5 cm³/mol. The summed E-state index contributed by atoms with van der Waals surface area (Å²) in [4.78, 5) is 12.3. The highest BCUT2D eigenvalue weighted by atomic mass is 127. The van der Waals surface area contributed by atoms with Crippen LogP contribution in [0.5, 0.6) is 0 Å². The Kier molecular flexibility index (Phi) is 3.52. The van der Waals surface area contributed by atoms with E-state index in [2.05, 4.69) is 34.7 Å². The van der Waals surface area contributed by atoms with Crippen molar-refractivity contribution in [3.63, 3.8) is 0 Å². The molecule has 0 amide bonds. The van der Waals surface area contributed by atoms with Gasteiger partial charge in [-0.3, -0.25) is 4.79 Å². The SMILES string of the molecule is O=C(c1cccc(C2CCC2)c1)c1csc(I)c1. The van der Waals surface area contributed by atoms with Crippen LogP contribution in [0.4, 0.5) is 0 Å². The maximum absolute atomic E-state index is 12.3. The molecule has 18 heavy (non-hydrogen) atoms. The monoisotopic (exact) mass is 368 g/mol. The average molecular weight is 368 g/mol. The molecular weight excluding hydrogens is 355 g/mol. The predicted octanol–water partition coefficient (Wildman–Crippen LogP) is 4.85. The summed E-state index contributed by atoms with van der Waals surface area (Å²) in [6, 6.07) is 10.1. The normalized spacial score (nSPS) is 15.4. The van der Waals surface area contributed by atoms with Gasteiger partial charge < -0.3 is 0 Å². The maximum atomic E-state index is 12.3. The van der Waals surface area contributed by atoms with E-state index in [-0.39, 0.29) is 5.78 Å². The second-order valence-corrected chi connectivity index (χ2v) is 7.53. The number of ketones is 1. The molecule has 0 unspecified atom stereocenters. The van der Waals surface area contributed by atoms with Crippen LogP contribution in [-0.4, -0.2) is 5.78 Å². The zero-order valence-corrected chi connectivity index (χ0v) is 12.8. The Morgan fingerprint density at radius 1 is 1.22 bits per heavy atom. The molecule has 0 atom stereocenters. The highest BCUT2D eigenvalue weighted by Crippen LogP contribution is 2.36. The molecule has 2 aromatic rings. The van der Waals surface area contributed by atoms with Crippen molar-refractivity contribution in [3.05, 3.63) is 55.3 Å². The third-order valence-corrected chi connectivity index (χ3v) is 5.34. The molecule has 1 saturated carbocycles. The second-order valence-electron chi connectivity index (χ2n) is 4.72. The lowest BCUT2D eigenvalue weighted by molar-refractivity contribution is 0.103. The van der Waals surface area contributed by atoms with E-state index in [1.54, 1.807) is 11.3 Å². The largest absolute Gasteiger partial charge is 0.289 e. The lowest BCUT2D eigenvalue weighted by Crippen LogP contribution is -2.10. The van der Waals surface area contributed by atoms with Crippen LogP contribution in [0, 0.1) is 2.88 Å². The summed E-state index contributed by atoms with van der Waals surface area (Å²) in [6.07, 6.45) is 3.87. The van der Waals surface area contributed by atoms with E-state index in [9.17, 15) is 4.79 Å². The van der Waals surface area contributed by atoms with Crippen molar-refractivity contribution in [2.75, 3.05) is 0 Å². The number of carbonyl (C=O) groups is 1. The minimum absolute atomic E-state index is 0.148. The van der Waals surface area contributed by atoms with Gasteiger partial charge in [0.15, 0.2) is 5.78 Å². The molecule has 0 radical (unpaired) electrons. The summed E-state index contributed by atoms with van der Waals surface area (Å²) in [5, 5.41) is 1.94. The van der Waals surface area contributed by atoms with E-state index in [0.717, 1.165) is 14.0 Å². The molecule has 0 saturated heterocycles. The minimum atomic E-state index is 0.148. The Labute approximate surface area is 124 Å². The van der Waals surface area contributed by atoms with Crippen molar-refractivity contribution in [1.29, 1.82) is 0 Å². The lowest BCUT2D eigenvalue weighted by Gasteiger charge is -2.26. The summed E-state index contributed by atoms with van der Waals surface area (Å²) < 4.78 is 1.16. The Morgan fingerprint density at radius 3 is 2.67 bits per heavy atom. The average Bonchev–Trinajstić information content (AvgIpc) is 2.73. The first kappa shape index (κ1) is 12.4. The van der Waals surface area contributed by atoms with Gasteiger partial charge in [-0.2, -0.15) is 0 Å². The number of thiophene rings is 1. The minimum Gasteiger partial charge on any atom is -0.289 e. The van der Waals surface area contributed by atoms with E-state index in [0.29, 0.717) is 5.92 Å². The number of benzene rings is 1. The van der Waals surface area contributed by atoms with Crippen LogP contribution in [0.2, 0.25) is 0 Å². The molecule has 1 nitrogen and oxygen atoms in total. The zero-order chi connectivity index (χ0) is 12.5. The molecule has 1 fully saturated rings. The quantitative estimate of drug-likeness (QED) is 0.559. The van der Waals surface area contributed by atoms with E-state index in [1.807, 2.05) is 23.6 Å². The first-order valence-electron chi connectivity index (χ1n) is 6.13. The number of carbonyl (C=O) groups excluding carboxylic acids is 1. The van der Waals surface area contributed by atoms with Crippen LogP contribution in [0.3, 0.4) is 0 Å². The Morgan fingerprint density at radius 2 is 2.06 bits per heavy atom. The van der Waals surface area contributed by atoms with Crippen molar-refractivity contribution in [2.24, 2.45) is 0 Å². The summed E-state index contributed by atoms with van der Waals surface area (Å²) in [5.41, 5.74) is 2.97. The molecule has 0 spiro atoms. The van der Waals surface area contributed by atoms with Gasteiger partial charge in [0.2, 0.25) is 0 Å². The third kappa shape index (κ3) is 2.38. The van der Waals surface area contributed by atoms with Gasteiger partial charge in [-0.1, -0.05) is 24.6 Å². The fourth-order valence-corrected chi connectivity index (χ4v) is 3.60. The van der Waals surface area contributed by atoms with Crippen molar-refractivity contribution >= 4 is 39.7 Å². The van der Waals surface area contributed by atoms with Crippen LogP contribution in [0.25, 0.3) is 0 Å². The molecule has 92 valence electrons. The zero-order valence-electron chi connectivity index (χ0n) is 9.86. The topological polar surface area (TPSA) is 17.1 Å². The molecule has 1 heterocycles. The van der Waals surface area contributed by atoms with Gasteiger partial charge in [0.25, 0.3) is 0 Å². The summed E-state index contributed by atoms with van der Waals surface area (Å²) in [6.45, 7) is 0. The molecule has 3 heteroatoms. The highest BCUT2D eigenvalue weighted by molar-refractivity contribution is 14.1. The second kappa shape index (κ2) is 5.13. The van der Waals surface area contributed by atoms with Crippen molar-refractivity contribution in [3.8, 4) is 0 Å². The summed E-state index contributed by atoms with van der Waals surface area (Å²) in [5.74, 6) is 0.829. The maximum Gasteiger partial charge on any atom is 0.193 e. The van der Waals surface area contributed by atoms with Gasteiger partial charge in [-0.05, 0) is 59.0 Å². The molecular formula is C15H13IOS. The third-order valence-electron chi connectivity index (χ3n) is 3.56. The van der Waals surface area contributed by atoms with E-state index < -0.39 is 0 Å². The number of rotatable bonds is 3. The van der Waals surface area contributed by atoms with Crippen molar-refractivity contribution < 1.29 is 4.79 Å². The fraction of sp³-hybridized carbons (Fsp3) is 0.267. The van der Waals surface area contributed by atoms with Gasteiger partial charge in [0, 0.05) is 16.5 Å². The molecule has 3 rings (SSSR count). The van der Waals surface area contributed by atoms with Crippen LogP contribution >= 0.6 is 33.9 Å². The van der Waals surface area contributed by atoms with Crippen molar-refractivity contribution in [1.82, 2.24) is 0 Å². The standard InChI is InChI=1S/C15H13IOS/c16-14-8-13(9-18-14)15(17)12-6-2-5-11(7-12)10-3-1-4-10/h2,5-10H,1,3-4H2. The van der Waals surface area contributed by atoms with Crippen LogP contribution in [-0.2, 0) is 0 Å². The first-order chi connectivity index (χ1) is 8.74. The van der Waals surface area contributed by atoms with E-state index in [1.165, 1.54) is 24.8 Å². The molecule has 1 aromatic heterocycles.